The van der Waals surface area contributed by atoms with Gasteiger partial charge in [-0.05, 0) is 37.5 Å². The van der Waals surface area contributed by atoms with E-state index in [0.717, 1.165) is 21.6 Å². The third-order valence-electron chi connectivity index (χ3n) is 4.44. The molecular formula is C20H22N2O2S. The van der Waals surface area contributed by atoms with E-state index in [4.69, 9.17) is 0 Å². The number of aromatic nitrogens is 1. The number of nitrogens with zero attached hydrogens (tertiary/aromatic N) is 1. The van der Waals surface area contributed by atoms with Gasteiger partial charge in [0.2, 0.25) is 0 Å². The van der Waals surface area contributed by atoms with Gasteiger partial charge < -0.3 is 9.88 Å². The lowest BCUT2D eigenvalue weighted by Crippen LogP contribution is -2.26. The van der Waals surface area contributed by atoms with Gasteiger partial charge in [0.25, 0.3) is 11.5 Å². The van der Waals surface area contributed by atoms with E-state index in [1.54, 1.807) is 10.8 Å². The normalized spacial score (nSPS) is 11.0. The molecule has 0 fully saturated rings. The highest BCUT2D eigenvalue weighted by atomic mass is 32.1. The predicted octanol–water partition coefficient (Wildman–Crippen LogP) is 3.88. The molecule has 0 bridgehead atoms. The molecule has 5 heteroatoms. The molecule has 1 aromatic carbocycles. The molecule has 1 N–H and O–H groups in total. The van der Waals surface area contributed by atoms with E-state index in [1.165, 1.54) is 16.9 Å². The molecule has 0 saturated heterocycles. The number of pyridine rings is 1. The second kappa shape index (κ2) is 7.23. The first-order valence-electron chi connectivity index (χ1n) is 8.53. The number of thiophene rings is 1. The Morgan fingerprint density at radius 2 is 1.80 bits per heavy atom. The molecule has 0 aliphatic heterocycles. The van der Waals surface area contributed by atoms with Gasteiger partial charge in [0.05, 0.1) is 10.9 Å². The summed E-state index contributed by atoms with van der Waals surface area (Å²) < 4.78 is 2.50. The fourth-order valence-electron chi connectivity index (χ4n) is 2.95. The summed E-state index contributed by atoms with van der Waals surface area (Å²) in [6.45, 7) is 6.98. The van der Waals surface area contributed by atoms with E-state index in [-0.39, 0.29) is 11.5 Å². The van der Waals surface area contributed by atoms with Gasteiger partial charge in [0.15, 0.2) is 0 Å². The van der Waals surface area contributed by atoms with Gasteiger partial charge in [-0.3, -0.25) is 9.59 Å². The van der Waals surface area contributed by atoms with Crippen LogP contribution in [0.25, 0.3) is 10.1 Å². The average Bonchev–Trinajstić information content (AvgIpc) is 2.97. The smallest absolute Gasteiger partial charge is 0.260 e. The second-order valence-corrected chi connectivity index (χ2v) is 7.29. The lowest BCUT2D eigenvalue weighted by Gasteiger charge is -2.07. The molecule has 2 heterocycles. The number of hydrogen-bond acceptors (Lipinski definition) is 3. The molecule has 0 unspecified atom stereocenters. The molecule has 3 aromatic rings. The Morgan fingerprint density at radius 3 is 2.44 bits per heavy atom. The van der Waals surface area contributed by atoms with E-state index >= 15 is 0 Å². The Balaban J connectivity index is 1.88. The number of fused-ring (bicyclic) bond motifs is 1. The van der Waals surface area contributed by atoms with Crippen LogP contribution in [0.3, 0.4) is 0 Å². The maximum absolute atomic E-state index is 12.7. The fourth-order valence-corrected chi connectivity index (χ4v) is 4.00. The summed E-state index contributed by atoms with van der Waals surface area (Å²) >= 11 is 1.49. The number of carbonyl (C=O) groups excluding carboxylic acids is 1. The minimum Gasteiger partial charge on any atom is -0.348 e. The van der Waals surface area contributed by atoms with Crippen molar-refractivity contribution >= 4 is 27.3 Å². The quantitative estimate of drug-likeness (QED) is 0.756. The van der Waals surface area contributed by atoms with Gasteiger partial charge in [0, 0.05) is 28.9 Å². The number of aryl methyl sites for hydroxylation is 3. The van der Waals surface area contributed by atoms with Crippen molar-refractivity contribution in [1.82, 2.24) is 9.88 Å². The maximum atomic E-state index is 12.7. The third kappa shape index (κ3) is 3.37. The van der Waals surface area contributed by atoms with E-state index in [2.05, 4.69) is 24.4 Å². The molecule has 0 aliphatic carbocycles. The zero-order valence-corrected chi connectivity index (χ0v) is 15.6. The van der Waals surface area contributed by atoms with Crippen LogP contribution in [0.1, 0.15) is 40.2 Å². The Labute approximate surface area is 151 Å². The van der Waals surface area contributed by atoms with Crippen molar-refractivity contribution in [3.63, 3.8) is 0 Å². The molecule has 25 heavy (non-hydrogen) atoms. The number of benzene rings is 1. The number of carbonyl (C=O) groups is 1. The molecule has 0 spiro atoms. The average molecular weight is 354 g/mol. The van der Waals surface area contributed by atoms with E-state index in [0.29, 0.717) is 24.0 Å². The molecular weight excluding hydrogens is 332 g/mol. The lowest BCUT2D eigenvalue weighted by atomic mass is 10.1. The Morgan fingerprint density at radius 1 is 1.12 bits per heavy atom. The molecule has 4 nitrogen and oxygen atoms in total. The SMILES string of the molecule is CCc1ccc(CNC(=O)c2c(C)sc3ccn(CC)c(=O)c23)cc1. The van der Waals surface area contributed by atoms with Gasteiger partial charge >= 0.3 is 0 Å². The number of nitrogens with one attached hydrogen (secondary N) is 1. The Kier molecular flexibility index (Phi) is 5.04. The number of rotatable bonds is 5. The summed E-state index contributed by atoms with van der Waals surface area (Å²) in [5.41, 5.74) is 2.74. The standard InChI is InChI=1S/C20H22N2O2S/c1-4-14-6-8-15(9-7-14)12-21-19(23)17-13(3)25-16-10-11-22(5-2)20(24)18(16)17/h6-11H,4-5,12H2,1-3H3,(H,21,23). The Hall–Kier alpha value is -2.40. The van der Waals surface area contributed by atoms with Crippen molar-refractivity contribution < 1.29 is 4.79 Å². The van der Waals surface area contributed by atoms with Crippen molar-refractivity contribution in [2.24, 2.45) is 0 Å². The van der Waals surface area contributed by atoms with Crippen molar-refractivity contribution in [2.75, 3.05) is 0 Å². The molecule has 0 radical (unpaired) electrons. The molecule has 2 aromatic heterocycles. The van der Waals surface area contributed by atoms with Crippen LogP contribution in [0.4, 0.5) is 0 Å². The van der Waals surface area contributed by atoms with Gasteiger partial charge in [-0.15, -0.1) is 11.3 Å². The minimum absolute atomic E-state index is 0.0956. The molecule has 0 aliphatic rings. The van der Waals surface area contributed by atoms with E-state index < -0.39 is 0 Å². The molecule has 0 atom stereocenters. The summed E-state index contributed by atoms with van der Waals surface area (Å²) in [6, 6.07) is 10.1. The van der Waals surface area contributed by atoms with Crippen molar-refractivity contribution in [1.29, 1.82) is 0 Å². The predicted molar refractivity (Wildman–Crippen MR) is 103 cm³/mol. The summed E-state index contributed by atoms with van der Waals surface area (Å²) in [5, 5.41) is 3.49. The highest BCUT2D eigenvalue weighted by Crippen LogP contribution is 2.28. The summed E-state index contributed by atoms with van der Waals surface area (Å²) in [4.78, 5) is 26.2. The fraction of sp³-hybridized carbons (Fsp3) is 0.300. The van der Waals surface area contributed by atoms with Crippen molar-refractivity contribution in [3.8, 4) is 0 Å². The third-order valence-corrected chi connectivity index (χ3v) is 5.51. The van der Waals surface area contributed by atoms with E-state index in [9.17, 15) is 9.59 Å². The monoisotopic (exact) mass is 354 g/mol. The van der Waals surface area contributed by atoms with Gasteiger partial charge in [-0.2, -0.15) is 0 Å². The van der Waals surface area contributed by atoms with Gasteiger partial charge in [-0.1, -0.05) is 31.2 Å². The zero-order chi connectivity index (χ0) is 18.0. The first kappa shape index (κ1) is 17.4. The topological polar surface area (TPSA) is 51.1 Å². The first-order valence-corrected chi connectivity index (χ1v) is 9.35. The molecule has 0 saturated carbocycles. The van der Waals surface area contributed by atoms with Crippen molar-refractivity contribution in [3.05, 3.63) is 68.4 Å². The van der Waals surface area contributed by atoms with Crippen LogP contribution < -0.4 is 10.9 Å². The largest absolute Gasteiger partial charge is 0.348 e. The van der Waals surface area contributed by atoms with Crippen LogP contribution in [0, 0.1) is 6.92 Å². The molecule has 130 valence electrons. The van der Waals surface area contributed by atoms with Crippen LogP contribution in [0.15, 0.2) is 41.3 Å². The summed E-state index contributed by atoms with van der Waals surface area (Å²) in [5.74, 6) is -0.186. The maximum Gasteiger partial charge on any atom is 0.260 e. The number of amides is 1. The van der Waals surface area contributed by atoms with Crippen LogP contribution in [0.2, 0.25) is 0 Å². The van der Waals surface area contributed by atoms with Crippen LogP contribution in [0.5, 0.6) is 0 Å². The molecule has 1 amide bonds. The van der Waals surface area contributed by atoms with Crippen LogP contribution >= 0.6 is 11.3 Å². The lowest BCUT2D eigenvalue weighted by molar-refractivity contribution is 0.0952. The minimum atomic E-state index is -0.186. The number of hydrogen-bond donors (Lipinski definition) is 1. The summed E-state index contributed by atoms with van der Waals surface area (Å²) in [7, 11) is 0. The Bertz CT molecular complexity index is 968. The van der Waals surface area contributed by atoms with Gasteiger partial charge in [0.1, 0.15) is 0 Å². The molecule has 3 rings (SSSR count). The van der Waals surface area contributed by atoms with Gasteiger partial charge in [-0.25, -0.2) is 0 Å². The second-order valence-electron chi connectivity index (χ2n) is 6.03. The van der Waals surface area contributed by atoms with Crippen molar-refractivity contribution in [2.45, 2.75) is 40.3 Å². The summed E-state index contributed by atoms with van der Waals surface area (Å²) in [6.07, 6.45) is 2.79. The first-order chi connectivity index (χ1) is 12.0. The highest BCUT2D eigenvalue weighted by molar-refractivity contribution is 7.19. The highest BCUT2D eigenvalue weighted by Gasteiger charge is 2.19. The van der Waals surface area contributed by atoms with Crippen LogP contribution in [-0.2, 0) is 19.5 Å². The van der Waals surface area contributed by atoms with Crippen LogP contribution in [-0.4, -0.2) is 10.5 Å². The zero-order valence-electron chi connectivity index (χ0n) is 14.8. The van der Waals surface area contributed by atoms with E-state index in [1.807, 2.05) is 32.0 Å².